The first kappa shape index (κ1) is 23.4. The third-order valence-electron chi connectivity index (χ3n) is 3.96. The molecule has 0 aromatic heterocycles. The Hall–Kier alpha value is -1.86. The van der Waals surface area contributed by atoms with E-state index >= 15 is 0 Å². The molecule has 2 aromatic rings. The van der Waals surface area contributed by atoms with Crippen molar-refractivity contribution in [1.29, 1.82) is 0 Å². The maximum absolute atomic E-state index is 12.6. The maximum atomic E-state index is 12.6. The zero-order chi connectivity index (χ0) is 21.4. The molecule has 0 fully saturated rings. The smallest absolute Gasteiger partial charge is 0.416 e. The number of rotatable bonds is 10. The first-order chi connectivity index (χ1) is 13.7. The van der Waals surface area contributed by atoms with Gasteiger partial charge in [-0.05, 0) is 75.7 Å². The summed E-state index contributed by atoms with van der Waals surface area (Å²) >= 11 is 1.64. The number of alkyl halides is 3. The minimum atomic E-state index is -4.35. The lowest BCUT2D eigenvalue weighted by molar-refractivity contribution is -0.137. The van der Waals surface area contributed by atoms with Crippen molar-refractivity contribution in [3.05, 3.63) is 53.6 Å². The third-order valence-corrected chi connectivity index (χ3v) is 5.09. The molecule has 29 heavy (non-hydrogen) atoms. The monoisotopic (exact) mass is 428 g/mol. The topological polar surface area (TPSA) is 27.7 Å². The largest absolute Gasteiger partial charge is 0.491 e. The second kappa shape index (κ2) is 10.8. The van der Waals surface area contributed by atoms with Crippen molar-refractivity contribution in [3.8, 4) is 11.5 Å². The van der Waals surface area contributed by atoms with Gasteiger partial charge in [-0.25, -0.2) is 0 Å². The number of aryl methyl sites for hydroxylation is 1. The van der Waals surface area contributed by atoms with E-state index in [0.29, 0.717) is 18.1 Å². The van der Waals surface area contributed by atoms with E-state index in [1.807, 2.05) is 39.8 Å². The Morgan fingerprint density at radius 1 is 1.03 bits per heavy atom. The van der Waals surface area contributed by atoms with Crippen LogP contribution in [0.2, 0.25) is 0 Å². The predicted octanol–water partition coefficient (Wildman–Crippen LogP) is 6.38. The van der Waals surface area contributed by atoms with Crippen LogP contribution in [0.4, 0.5) is 13.2 Å². The average molecular weight is 429 g/mol. The van der Waals surface area contributed by atoms with Gasteiger partial charge in [-0.1, -0.05) is 0 Å². The Labute approximate surface area is 174 Å². The van der Waals surface area contributed by atoms with Gasteiger partial charge < -0.3 is 14.2 Å². The molecular formula is C22H27F3O3S. The SMILES string of the molecule is CCOC(COc1ccc(C(F)(F)F)cc1)CSc1ccc(OC(C)C)c(C)c1. The van der Waals surface area contributed by atoms with Gasteiger partial charge in [-0.3, -0.25) is 0 Å². The summed E-state index contributed by atoms with van der Waals surface area (Å²) in [5.74, 6) is 1.92. The normalized spacial score (nSPS) is 12.8. The van der Waals surface area contributed by atoms with Gasteiger partial charge in [-0.15, -0.1) is 11.8 Å². The molecule has 7 heteroatoms. The van der Waals surface area contributed by atoms with Gasteiger partial charge >= 0.3 is 6.18 Å². The lowest BCUT2D eigenvalue weighted by Crippen LogP contribution is -2.24. The van der Waals surface area contributed by atoms with Crippen molar-refractivity contribution in [3.63, 3.8) is 0 Å². The lowest BCUT2D eigenvalue weighted by atomic mass is 10.2. The highest BCUT2D eigenvalue weighted by Crippen LogP contribution is 2.30. The van der Waals surface area contributed by atoms with Gasteiger partial charge in [0, 0.05) is 17.3 Å². The van der Waals surface area contributed by atoms with E-state index in [4.69, 9.17) is 14.2 Å². The molecule has 0 aliphatic carbocycles. The summed E-state index contributed by atoms with van der Waals surface area (Å²) in [4.78, 5) is 1.10. The number of hydrogen-bond donors (Lipinski definition) is 0. The Morgan fingerprint density at radius 2 is 1.72 bits per heavy atom. The van der Waals surface area contributed by atoms with E-state index in [1.165, 1.54) is 12.1 Å². The van der Waals surface area contributed by atoms with Crippen molar-refractivity contribution in [1.82, 2.24) is 0 Å². The fraction of sp³-hybridized carbons (Fsp3) is 0.455. The molecule has 0 bridgehead atoms. The molecule has 0 radical (unpaired) electrons. The first-order valence-corrected chi connectivity index (χ1v) is 10.5. The molecule has 0 aliphatic heterocycles. The van der Waals surface area contributed by atoms with Crippen LogP contribution in [0, 0.1) is 6.92 Å². The number of ether oxygens (including phenoxy) is 3. The highest BCUT2D eigenvalue weighted by atomic mass is 32.2. The molecule has 1 unspecified atom stereocenters. The number of benzene rings is 2. The Balaban J connectivity index is 1.90. The van der Waals surface area contributed by atoms with Crippen molar-refractivity contribution in [2.75, 3.05) is 19.0 Å². The van der Waals surface area contributed by atoms with Crippen LogP contribution in [0.5, 0.6) is 11.5 Å². The zero-order valence-electron chi connectivity index (χ0n) is 17.1. The standard InChI is InChI=1S/C22H27F3O3S/c1-5-26-19(13-27-18-8-6-17(7-9-18)22(23,24)25)14-29-20-10-11-21(16(4)12-20)28-15(2)3/h6-12,15,19H,5,13-14H2,1-4H3. The first-order valence-electron chi connectivity index (χ1n) is 9.50. The molecule has 0 saturated carbocycles. The van der Waals surface area contributed by atoms with E-state index in [1.54, 1.807) is 11.8 Å². The van der Waals surface area contributed by atoms with Gasteiger partial charge in [0.1, 0.15) is 24.2 Å². The van der Waals surface area contributed by atoms with Crippen LogP contribution in [0.15, 0.2) is 47.4 Å². The molecular weight excluding hydrogens is 401 g/mol. The average Bonchev–Trinajstić information content (AvgIpc) is 2.65. The number of halogens is 3. The molecule has 0 heterocycles. The maximum Gasteiger partial charge on any atom is 0.416 e. The minimum absolute atomic E-state index is 0.122. The van der Waals surface area contributed by atoms with E-state index in [9.17, 15) is 13.2 Å². The van der Waals surface area contributed by atoms with Gasteiger partial charge in [0.2, 0.25) is 0 Å². The lowest BCUT2D eigenvalue weighted by Gasteiger charge is -2.18. The van der Waals surface area contributed by atoms with Crippen LogP contribution < -0.4 is 9.47 Å². The van der Waals surface area contributed by atoms with Crippen molar-refractivity contribution in [2.24, 2.45) is 0 Å². The highest BCUT2D eigenvalue weighted by Gasteiger charge is 2.30. The second-order valence-corrected chi connectivity index (χ2v) is 7.91. The second-order valence-electron chi connectivity index (χ2n) is 6.82. The minimum Gasteiger partial charge on any atom is -0.491 e. The molecule has 0 saturated heterocycles. The molecule has 0 aliphatic rings. The van der Waals surface area contributed by atoms with E-state index < -0.39 is 11.7 Å². The molecule has 0 amide bonds. The van der Waals surface area contributed by atoms with Gasteiger partial charge in [-0.2, -0.15) is 13.2 Å². The Kier molecular flexibility index (Phi) is 8.71. The van der Waals surface area contributed by atoms with Crippen LogP contribution in [0.3, 0.4) is 0 Å². The fourth-order valence-corrected chi connectivity index (χ4v) is 3.59. The molecule has 2 rings (SSSR count). The Morgan fingerprint density at radius 3 is 2.28 bits per heavy atom. The zero-order valence-corrected chi connectivity index (χ0v) is 17.9. The van der Waals surface area contributed by atoms with Crippen molar-refractivity contribution in [2.45, 2.75) is 51.0 Å². The van der Waals surface area contributed by atoms with Crippen LogP contribution in [0.25, 0.3) is 0 Å². The van der Waals surface area contributed by atoms with Gasteiger partial charge in [0.25, 0.3) is 0 Å². The summed E-state index contributed by atoms with van der Waals surface area (Å²) in [5, 5.41) is 0. The summed E-state index contributed by atoms with van der Waals surface area (Å²) in [6.07, 6.45) is -4.41. The fourth-order valence-electron chi connectivity index (χ4n) is 2.60. The summed E-state index contributed by atoms with van der Waals surface area (Å²) in [5.41, 5.74) is 0.375. The molecule has 160 valence electrons. The summed E-state index contributed by atoms with van der Waals surface area (Å²) in [6.45, 7) is 8.69. The van der Waals surface area contributed by atoms with Crippen LogP contribution in [-0.2, 0) is 10.9 Å². The van der Waals surface area contributed by atoms with E-state index in [-0.39, 0.29) is 18.8 Å². The van der Waals surface area contributed by atoms with Crippen LogP contribution in [-0.4, -0.2) is 31.2 Å². The molecule has 3 nitrogen and oxygen atoms in total. The van der Waals surface area contributed by atoms with Gasteiger partial charge in [0.05, 0.1) is 11.7 Å². The highest BCUT2D eigenvalue weighted by molar-refractivity contribution is 7.99. The molecule has 1 atom stereocenters. The molecule has 2 aromatic carbocycles. The summed E-state index contributed by atoms with van der Waals surface area (Å²) in [7, 11) is 0. The predicted molar refractivity (Wildman–Crippen MR) is 110 cm³/mol. The van der Waals surface area contributed by atoms with E-state index in [2.05, 4.69) is 6.07 Å². The van der Waals surface area contributed by atoms with Crippen LogP contribution >= 0.6 is 11.8 Å². The summed E-state index contributed by atoms with van der Waals surface area (Å²) in [6, 6.07) is 10.7. The Bertz CT molecular complexity index is 761. The molecule has 0 spiro atoms. The summed E-state index contributed by atoms with van der Waals surface area (Å²) < 4.78 is 55.0. The van der Waals surface area contributed by atoms with Crippen LogP contribution in [0.1, 0.15) is 31.9 Å². The quantitative estimate of drug-likeness (QED) is 0.411. The van der Waals surface area contributed by atoms with E-state index in [0.717, 1.165) is 28.3 Å². The number of hydrogen-bond acceptors (Lipinski definition) is 4. The van der Waals surface area contributed by atoms with Crippen molar-refractivity contribution < 1.29 is 27.4 Å². The number of thioether (sulfide) groups is 1. The van der Waals surface area contributed by atoms with Gasteiger partial charge in [0.15, 0.2) is 0 Å². The third kappa shape index (κ3) is 7.82. The van der Waals surface area contributed by atoms with Crippen molar-refractivity contribution >= 4 is 11.8 Å². The molecule has 0 N–H and O–H groups in total.